The molecule has 0 aromatic rings. The molecule has 0 heterocycles. The van der Waals surface area contributed by atoms with Crippen molar-refractivity contribution in [1.82, 2.24) is 0 Å². The maximum atomic E-state index is 12.2. The predicted octanol–water partition coefficient (Wildman–Crippen LogP) is 2.33. The molecule has 3 nitrogen and oxygen atoms in total. The SMILES string of the molecule is C=CCC12CCC(=O)[C@@]1(C)CC=C(O)C2=O. The van der Waals surface area contributed by atoms with Gasteiger partial charge in [0.15, 0.2) is 5.76 Å². The first kappa shape index (κ1) is 11.1. The molecule has 0 spiro atoms. The molecule has 0 aromatic heterocycles. The summed E-state index contributed by atoms with van der Waals surface area (Å²) >= 11 is 0. The molecule has 0 bridgehead atoms. The van der Waals surface area contributed by atoms with Gasteiger partial charge in [-0.25, -0.2) is 0 Å². The lowest BCUT2D eigenvalue weighted by Crippen LogP contribution is -2.47. The molecule has 0 saturated heterocycles. The Morgan fingerprint density at radius 2 is 2.25 bits per heavy atom. The van der Waals surface area contributed by atoms with Gasteiger partial charge in [0.05, 0.1) is 5.41 Å². The minimum absolute atomic E-state index is 0.131. The lowest BCUT2D eigenvalue weighted by molar-refractivity contribution is -0.142. The number of ketones is 2. The zero-order valence-electron chi connectivity index (χ0n) is 9.45. The Hall–Kier alpha value is -1.38. The molecule has 0 radical (unpaired) electrons. The number of carbonyl (C=O) groups is 2. The van der Waals surface area contributed by atoms with Crippen molar-refractivity contribution in [3.63, 3.8) is 0 Å². The molecule has 0 amide bonds. The molecule has 1 unspecified atom stereocenters. The molecule has 1 N–H and O–H groups in total. The summed E-state index contributed by atoms with van der Waals surface area (Å²) in [5, 5.41) is 9.58. The van der Waals surface area contributed by atoms with Gasteiger partial charge in [0.25, 0.3) is 0 Å². The van der Waals surface area contributed by atoms with Gasteiger partial charge in [0.2, 0.25) is 5.78 Å². The molecular formula is C13H16O3. The van der Waals surface area contributed by atoms with Crippen LogP contribution in [0, 0.1) is 10.8 Å². The van der Waals surface area contributed by atoms with E-state index in [0.29, 0.717) is 25.7 Å². The summed E-state index contributed by atoms with van der Waals surface area (Å²) in [6.07, 6.45) is 5.03. The number of hydrogen-bond donors (Lipinski definition) is 1. The number of fused-ring (bicyclic) bond motifs is 1. The fraction of sp³-hybridized carbons (Fsp3) is 0.538. The van der Waals surface area contributed by atoms with E-state index in [0.717, 1.165) is 0 Å². The Morgan fingerprint density at radius 3 is 2.88 bits per heavy atom. The fourth-order valence-corrected chi connectivity index (χ4v) is 3.12. The summed E-state index contributed by atoms with van der Waals surface area (Å²) in [5.74, 6) is -0.340. The average molecular weight is 220 g/mol. The van der Waals surface area contributed by atoms with Crippen LogP contribution in [-0.2, 0) is 9.59 Å². The highest BCUT2D eigenvalue weighted by Crippen LogP contribution is 2.58. The van der Waals surface area contributed by atoms with Crippen LogP contribution in [0.15, 0.2) is 24.5 Å². The highest BCUT2D eigenvalue weighted by atomic mass is 16.3. The highest BCUT2D eigenvalue weighted by Gasteiger charge is 2.62. The van der Waals surface area contributed by atoms with E-state index in [2.05, 4.69) is 6.58 Å². The number of aliphatic hydroxyl groups excluding tert-OH is 1. The van der Waals surface area contributed by atoms with E-state index in [9.17, 15) is 14.7 Å². The van der Waals surface area contributed by atoms with Crippen LogP contribution in [0.25, 0.3) is 0 Å². The van der Waals surface area contributed by atoms with Gasteiger partial charge in [-0.3, -0.25) is 9.59 Å². The van der Waals surface area contributed by atoms with Crippen LogP contribution >= 0.6 is 0 Å². The smallest absolute Gasteiger partial charge is 0.204 e. The van der Waals surface area contributed by atoms with Gasteiger partial charge in [-0.1, -0.05) is 13.0 Å². The molecule has 2 aliphatic rings. The summed E-state index contributed by atoms with van der Waals surface area (Å²) in [6.45, 7) is 5.50. The summed E-state index contributed by atoms with van der Waals surface area (Å²) in [4.78, 5) is 24.1. The van der Waals surface area contributed by atoms with Gasteiger partial charge < -0.3 is 5.11 Å². The highest BCUT2D eigenvalue weighted by molar-refractivity contribution is 6.06. The molecule has 2 aliphatic carbocycles. The summed E-state index contributed by atoms with van der Waals surface area (Å²) in [6, 6.07) is 0. The van der Waals surface area contributed by atoms with Crippen molar-refractivity contribution in [2.75, 3.05) is 0 Å². The topological polar surface area (TPSA) is 54.4 Å². The fourth-order valence-electron chi connectivity index (χ4n) is 3.12. The average Bonchev–Trinajstić information content (AvgIpc) is 2.51. The lowest BCUT2D eigenvalue weighted by Gasteiger charge is -2.42. The number of Topliss-reactive ketones (excluding diaryl/α,β-unsaturated/α-hetero) is 2. The first-order valence-corrected chi connectivity index (χ1v) is 5.56. The monoisotopic (exact) mass is 220 g/mol. The maximum Gasteiger partial charge on any atom is 0.204 e. The van der Waals surface area contributed by atoms with E-state index in [1.165, 1.54) is 6.08 Å². The van der Waals surface area contributed by atoms with Gasteiger partial charge in [-0.2, -0.15) is 0 Å². The Balaban J connectivity index is 2.57. The first-order valence-electron chi connectivity index (χ1n) is 5.56. The molecule has 3 heteroatoms. The van der Waals surface area contributed by atoms with Crippen LogP contribution in [0.4, 0.5) is 0 Å². The third-order valence-electron chi connectivity index (χ3n) is 4.31. The van der Waals surface area contributed by atoms with Crippen molar-refractivity contribution >= 4 is 11.6 Å². The van der Waals surface area contributed by atoms with Crippen LogP contribution in [0.2, 0.25) is 0 Å². The second-order valence-electron chi connectivity index (χ2n) is 4.95. The molecule has 2 atom stereocenters. The van der Waals surface area contributed by atoms with Gasteiger partial charge >= 0.3 is 0 Å². The van der Waals surface area contributed by atoms with Crippen molar-refractivity contribution in [2.24, 2.45) is 10.8 Å². The normalized spacial score (nSPS) is 38.2. The van der Waals surface area contributed by atoms with Gasteiger partial charge in [0, 0.05) is 11.8 Å². The molecule has 1 fully saturated rings. The number of rotatable bonds is 2. The van der Waals surface area contributed by atoms with Gasteiger partial charge in [-0.05, 0) is 25.3 Å². The van der Waals surface area contributed by atoms with Crippen LogP contribution < -0.4 is 0 Å². The third-order valence-corrected chi connectivity index (χ3v) is 4.31. The number of aliphatic hydroxyl groups is 1. The van der Waals surface area contributed by atoms with Crippen molar-refractivity contribution in [3.8, 4) is 0 Å². The van der Waals surface area contributed by atoms with Crippen LogP contribution in [0.1, 0.15) is 32.6 Å². The van der Waals surface area contributed by atoms with Crippen molar-refractivity contribution in [1.29, 1.82) is 0 Å². The minimum atomic E-state index is -0.745. The van der Waals surface area contributed by atoms with Crippen LogP contribution in [-0.4, -0.2) is 16.7 Å². The van der Waals surface area contributed by atoms with Gasteiger partial charge in [0.1, 0.15) is 5.78 Å². The van der Waals surface area contributed by atoms with Crippen molar-refractivity contribution in [3.05, 3.63) is 24.5 Å². The second-order valence-corrected chi connectivity index (χ2v) is 4.95. The van der Waals surface area contributed by atoms with E-state index in [1.54, 1.807) is 6.08 Å². The third kappa shape index (κ3) is 1.09. The van der Waals surface area contributed by atoms with E-state index in [4.69, 9.17) is 0 Å². The molecule has 2 rings (SSSR count). The van der Waals surface area contributed by atoms with Crippen molar-refractivity contribution < 1.29 is 14.7 Å². The Labute approximate surface area is 94.8 Å². The number of allylic oxidation sites excluding steroid dienone is 3. The van der Waals surface area contributed by atoms with Crippen molar-refractivity contribution in [2.45, 2.75) is 32.6 Å². The number of hydrogen-bond acceptors (Lipinski definition) is 3. The predicted molar refractivity (Wildman–Crippen MR) is 59.9 cm³/mol. The molecule has 16 heavy (non-hydrogen) atoms. The second kappa shape index (κ2) is 3.30. The van der Waals surface area contributed by atoms with E-state index in [1.807, 2.05) is 6.92 Å². The Morgan fingerprint density at radius 1 is 1.56 bits per heavy atom. The molecule has 0 aliphatic heterocycles. The largest absolute Gasteiger partial charge is 0.505 e. The first-order chi connectivity index (χ1) is 7.48. The molecule has 1 saturated carbocycles. The molecular weight excluding hydrogens is 204 g/mol. The zero-order chi connectivity index (χ0) is 12.0. The Kier molecular flexibility index (Phi) is 2.30. The maximum absolute atomic E-state index is 12.2. The molecule has 86 valence electrons. The summed E-state index contributed by atoms with van der Waals surface area (Å²) in [5.41, 5.74) is -1.39. The van der Waals surface area contributed by atoms with Crippen LogP contribution in [0.5, 0.6) is 0 Å². The minimum Gasteiger partial charge on any atom is -0.505 e. The van der Waals surface area contributed by atoms with E-state index >= 15 is 0 Å². The molecule has 0 aromatic carbocycles. The van der Waals surface area contributed by atoms with E-state index < -0.39 is 10.8 Å². The van der Waals surface area contributed by atoms with Crippen LogP contribution in [0.3, 0.4) is 0 Å². The quantitative estimate of drug-likeness (QED) is 0.727. The Bertz CT molecular complexity index is 407. The summed E-state index contributed by atoms with van der Waals surface area (Å²) in [7, 11) is 0. The standard InChI is InChI=1S/C13H16O3/c1-3-6-13-8-5-10(15)12(13,2)7-4-9(14)11(13)16/h3-4,14H,1,5-8H2,2H3/t12-,13?/m1/s1. The lowest BCUT2D eigenvalue weighted by atomic mass is 9.58. The zero-order valence-corrected chi connectivity index (χ0v) is 9.45. The number of carbonyl (C=O) groups excluding carboxylic acids is 2. The van der Waals surface area contributed by atoms with E-state index in [-0.39, 0.29) is 17.3 Å². The van der Waals surface area contributed by atoms with Gasteiger partial charge in [-0.15, -0.1) is 6.58 Å². The summed E-state index contributed by atoms with van der Waals surface area (Å²) < 4.78 is 0.